The molecule has 1 fully saturated rings. The van der Waals surface area contributed by atoms with Gasteiger partial charge in [0.1, 0.15) is 11.5 Å². The number of hydrogen-bond acceptors (Lipinski definition) is 6. The van der Waals surface area contributed by atoms with E-state index in [-0.39, 0.29) is 5.91 Å². The van der Waals surface area contributed by atoms with E-state index in [1.807, 2.05) is 54.3 Å². The number of methoxy groups -OCH3 is 1. The Morgan fingerprint density at radius 1 is 1.10 bits per heavy atom. The molecule has 1 aromatic heterocycles. The number of benzene rings is 2. The Labute approximate surface area is 174 Å². The Morgan fingerprint density at radius 3 is 2.69 bits per heavy atom. The molecule has 0 spiro atoms. The number of aromatic nitrogens is 1. The van der Waals surface area contributed by atoms with Crippen LogP contribution < -0.4 is 14.4 Å². The molecular formula is C22H25N3O3S. The predicted octanol–water partition coefficient (Wildman–Crippen LogP) is 3.59. The highest BCUT2D eigenvalue weighted by atomic mass is 32.1. The Bertz CT molecular complexity index is 996. The second kappa shape index (κ2) is 8.69. The van der Waals surface area contributed by atoms with Crippen molar-refractivity contribution in [3.63, 3.8) is 0 Å². The minimum absolute atomic E-state index is 0.156. The Balaban J connectivity index is 1.37. The first-order valence-corrected chi connectivity index (χ1v) is 10.7. The van der Waals surface area contributed by atoms with Crippen molar-refractivity contribution in [3.8, 4) is 11.5 Å². The summed E-state index contributed by atoms with van der Waals surface area (Å²) >= 11 is 1.68. The molecule has 6 nitrogen and oxygen atoms in total. The zero-order chi connectivity index (χ0) is 20.2. The number of nitrogens with zero attached hydrogens (tertiary/aromatic N) is 3. The number of hydrogen-bond donors (Lipinski definition) is 0. The van der Waals surface area contributed by atoms with Gasteiger partial charge in [-0.25, -0.2) is 4.98 Å². The molecule has 0 saturated carbocycles. The van der Waals surface area contributed by atoms with Crippen molar-refractivity contribution in [2.75, 3.05) is 44.8 Å². The van der Waals surface area contributed by atoms with Gasteiger partial charge in [-0.1, -0.05) is 23.5 Å². The van der Waals surface area contributed by atoms with Crippen LogP contribution in [0, 0.1) is 0 Å². The molecule has 1 amide bonds. The Hall–Kier alpha value is -2.80. The quantitative estimate of drug-likeness (QED) is 0.620. The van der Waals surface area contributed by atoms with Crippen molar-refractivity contribution >= 4 is 32.6 Å². The molecule has 1 aliphatic rings. The highest BCUT2D eigenvalue weighted by molar-refractivity contribution is 7.22. The van der Waals surface area contributed by atoms with Gasteiger partial charge in [-0.2, -0.15) is 0 Å². The summed E-state index contributed by atoms with van der Waals surface area (Å²) in [6.45, 7) is 5.65. The molecule has 29 heavy (non-hydrogen) atoms. The first-order valence-electron chi connectivity index (χ1n) is 9.85. The minimum atomic E-state index is 0.156. The third-order valence-corrected chi connectivity index (χ3v) is 6.13. The molecule has 0 N–H and O–H groups in total. The van der Waals surface area contributed by atoms with Gasteiger partial charge in [0.05, 0.1) is 30.4 Å². The first-order chi connectivity index (χ1) is 14.2. The molecule has 2 aromatic carbocycles. The van der Waals surface area contributed by atoms with Crippen LogP contribution in [-0.2, 0) is 11.2 Å². The van der Waals surface area contributed by atoms with E-state index in [0.717, 1.165) is 45.5 Å². The number of piperazine rings is 1. The van der Waals surface area contributed by atoms with Crippen molar-refractivity contribution < 1.29 is 14.3 Å². The van der Waals surface area contributed by atoms with Gasteiger partial charge in [0.2, 0.25) is 5.91 Å². The molecular weight excluding hydrogens is 386 g/mol. The average molecular weight is 412 g/mol. The Morgan fingerprint density at radius 2 is 1.93 bits per heavy atom. The fourth-order valence-corrected chi connectivity index (χ4v) is 4.55. The molecule has 0 unspecified atom stereocenters. The zero-order valence-corrected chi connectivity index (χ0v) is 17.6. The predicted molar refractivity (Wildman–Crippen MR) is 116 cm³/mol. The number of carbonyl (C=O) groups is 1. The van der Waals surface area contributed by atoms with E-state index in [0.29, 0.717) is 26.1 Å². The average Bonchev–Trinajstić information content (AvgIpc) is 3.17. The molecule has 152 valence electrons. The lowest BCUT2D eigenvalue weighted by Crippen LogP contribution is -2.49. The van der Waals surface area contributed by atoms with Crippen molar-refractivity contribution in [3.05, 3.63) is 48.0 Å². The molecule has 4 rings (SSSR count). The molecule has 1 saturated heterocycles. The number of amides is 1. The summed E-state index contributed by atoms with van der Waals surface area (Å²) in [6, 6.07) is 13.7. The van der Waals surface area contributed by atoms with Crippen LogP contribution in [0.4, 0.5) is 5.13 Å². The number of fused-ring (bicyclic) bond motifs is 1. The van der Waals surface area contributed by atoms with Crippen LogP contribution in [0.2, 0.25) is 0 Å². The van der Waals surface area contributed by atoms with Crippen LogP contribution in [0.5, 0.6) is 11.5 Å². The fourth-order valence-electron chi connectivity index (χ4n) is 3.50. The SMILES string of the molecule is CCOc1ccc2nc(N3CCN(C(=O)Cc4cccc(OC)c4)CC3)sc2c1. The monoisotopic (exact) mass is 411 g/mol. The molecule has 1 aliphatic heterocycles. The standard InChI is InChI=1S/C22H25N3O3S/c1-3-28-18-7-8-19-20(15-18)29-22(23-19)25-11-9-24(10-12-25)21(26)14-16-5-4-6-17(13-16)27-2/h4-8,13,15H,3,9-12,14H2,1-2H3. The number of anilines is 1. The highest BCUT2D eigenvalue weighted by Crippen LogP contribution is 2.32. The minimum Gasteiger partial charge on any atom is -0.497 e. The summed E-state index contributed by atoms with van der Waals surface area (Å²) in [5, 5.41) is 1.01. The van der Waals surface area contributed by atoms with Crippen molar-refractivity contribution in [1.29, 1.82) is 0 Å². The normalized spacial score (nSPS) is 14.3. The lowest BCUT2D eigenvalue weighted by atomic mass is 10.1. The summed E-state index contributed by atoms with van der Waals surface area (Å²) in [6.07, 6.45) is 0.401. The maximum Gasteiger partial charge on any atom is 0.227 e. The zero-order valence-electron chi connectivity index (χ0n) is 16.8. The van der Waals surface area contributed by atoms with Gasteiger partial charge in [-0.15, -0.1) is 0 Å². The van der Waals surface area contributed by atoms with E-state index in [1.165, 1.54) is 0 Å². The molecule has 2 heterocycles. The van der Waals surface area contributed by atoms with Crippen LogP contribution in [-0.4, -0.2) is 55.7 Å². The smallest absolute Gasteiger partial charge is 0.227 e. The van der Waals surface area contributed by atoms with Gasteiger partial charge in [-0.05, 0) is 42.8 Å². The molecule has 7 heteroatoms. The molecule has 0 radical (unpaired) electrons. The summed E-state index contributed by atoms with van der Waals surface area (Å²) in [5.74, 6) is 1.81. The van der Waals surface area contributed by atoms with Crippen molar-refractivity contribution in [2.24, 2.45) is 0 Å². The Kier molecular flexibility index (Phi) is 5.85. The number of carbonyl (C=O) groups excluding carboxylic acids is 1. The lowest BCUT2D eigenvalue weighted by molar-refractivity contribution is -0.130. The van der Waals surface area contributed by atoms with E-state index in [2.05, 4.69) is 4.90 Å². The number of rotatable bonds is 6. The fraction of sp³-hybridized carbons (Fsp3) is 0.364. The van der Waals surface area contributed by atoms with Gasteiger partial charge >= 0.3 is 0 Å². The van der Waals surface area contributed by atoms with Gasteiger partial charge in [0.15, 0.2) is 5.13 Å². The summed E-state index contributed by atoms with van der Waals surface area (Å²) in [5.41, 5.74) is 1.97. The van der Waals surface area contributed by atoms with E-state index < -0.39 is 0 Å². The lowest BCUT2D eigenvalue weighted by Gasteiger charge is -2.34. The maximum absolute atomic E-state index is 12.7. The topological polar surface area (TPSA) is 54.9 Å². The highest BCUT2D eigenvalue weighted by Gasteiger charge is 2.23. The summed E-state index contributed by atoms with van der Waals surface area (Å²) in [4.78, 5) is 21.7. The largest absolute Gasteiger partial charge is 0.497 e. The van der Waals surface area contributed by atoms with E-state index >= 15 is 0 Å². The van der Waals surface area contributed by atoms with Crippen LogP contribution in [0.25, 0.3) is 10.2 Å². The van der Waals surface area contributed by atoms with E-state index in [9.17, 15) is 4.79 Å². The van der Waals surface area contributed by atoms with E-state index in [1.54, 1.807) is 18.4 Å². The number of thiazole rings is 1. The van der Waals surface area contributed by atoms with Gasteiger partial charge in [0.25, 0.3) is 0 Å². The van der Waals surface area contributed by atoms with Gasteiger partial charge in [0, 0.05) is 26.2 Å². The second-order valence-corrected chi connectivity index (χ2v) is 7.96. The molecule has 0 bridgehead atoms. The molecule has 3 aromatic rings. The van der Waals surface area contributed by atoms with Crippen LogP contribution in [0.3, 0.4) is 0 Å². The maximum atomic E-state index is 12.7. The van der Waals surface area contributed by atoms with E-state index in [4.69, 9.17) is 14.5 Å². The number of ether oxygens (including phenoxy) is 2. The van der Waals surface area contributed by atoms with Gasteiger partial charge < -0.3 is 19.3 Å². The first kappa shape index (κ1) is 19.5. The summed E-state index contributed by atoms with van der Waals surface area (Å²) in [7, 11) is 1.64. The van der Waals surface area contributed by atoms with Crippen LogP contribution >= 0.6 is 11.3 Å². The third-order valence-electron chi connectivity index (χ3n) is 5.05. The third kappa shape index (κ3) is 4.45. The van der Waals surface area contributed by atoms with Crippen molar-refractivity contribution in [2.45, 2.75) is 13.3 Å². The molecule has 0 aliphatic carbocycles. The van der Waals surface area contributed by atoms with Gasteiger partial charge in [-0.3, -0.25) is 4.79 Å². The van der Waals surface area contributed by atoms with Crippen molar-refractivity contribution in [1.82, 2.24) is 9.88 Å². The second-order valence-electron chi connectivity index (χ2n) is 6.96. The molecule has 0 atom stereocenters. The summed E-state index contributed by atoms with van der Waals surface area (Å²) < 4.78 is 12.0. The van der Waals surface area contributed by atoms with Crippen LogP contribution in [0.1, 0.15) is 12.5 Å². The van der Waals surface area contributed by atoms with Crippen LogP contribution in [0.15, 0.2) is 42.5 Å².